The number of methoxy groups -OCH3 is 1. The molecule has 1 heterocycles. The van der Waals surface area contributed by atoms with Gasteiger partial charge in [-0.05, 0) is 12.1 Å². The summed E-state index contributed by atoms with van der Waals surface area (Å²) in [4.78, 5) is 0. The lowest BCUT2D eigenvalue weighted by Crippen LogP contribution is -2.60. The van der Waals surface area contributed by atoms with E-state index in [1.807, 2.05) is 0 Å². The quantitative estimate of drug-likeness (QED) is 0.778. The smallest absolute Gasteiger partial charge is 0.161 e. The molecule has 1 aliphatic rings. The highest BCUT2D eigenvalue weighted by molar-refractivity contribution is 9.10. The van der Waals surface area contributed by atoms with Crippen molar-refractivity contribution in [3.05, 3.63) is 22.2 Å². The first kappa shape index (κ1) is 11.7. The molecule has 0 amide bonds. The summed E-state index contributed by atoms with van der Waals surface area (Å²) in [6, 6.07) is 3.50. The van der Waals surface area contributed by atoms with Crippen LogP contribution in [0.5, 0.6) is 11.5 Å². The van der Waals surface area contributed by atoms with E-state index in [-0.39, 0.29) is 5.75 Å². The standard InChI is InChI=1S/C11H14BrNO3/c1-16-9-3-8(12)2-7(10(9)14)4-11(15)5-13-6-11/h2-3,13-15H,4-6H2,1H3. The van der Waals surface area contributed by atoms with Crippen LogP contribution < -0.4 is 10.1 Å². The predicted octanol–water partition coefficient (Wildman–Crippen LogP) is 1.04. The first-order valence-electron chi connectivity index (χ1n) is 5.02. The second-order valence-corrected chi connectivity index (χ2v) is 5.04. The van der Waals surface area contributed by atoms with Crippen molar-refractivity contribution < 1.29 is 14.9 Å². The largest absolute Gasteiger partial charge is 0.504 e. The number of benzene rings is 1. The van der Waals surface area contributed by atoms with Gasteiger partial charge in [0, 0.05) is 29.5 Å². The normalized spacial score (nSPS) is 17.9. The number of β-amino-alcohol motifs (C(OH)–C–C–N with tert-alkyl or cyclic N) is 1. The maximum Gasteiger partial charge on any atom is 0.161 e. The number of aliphatic hydroxyl groups is 1. The van der Waals surface area contributed by atoms with Gasteiger partial charge in [-0.15, -0.1) is 0 Å². The topological polar surface area (TPSA) is 61.7 Å². The number of nitrogens with one attached hydrogen (secondary N) is 1. The Bertz CT molecular complexity index is 404. The molecule has 3 N–H and O–H groups in total. The van der Waals surface area contributed by atoms with Crippen molar-refractivity contribution in [2.45, 2.75) is 12.0 Å². The first-order valence-corrected chi connectivity index (χ1v) is 5.82. The summed E-state index contributed by atoms with van der Waals surface area (Å²) in [5.41, 5.74) is -0.0567. The first-order chi connectivity index (χ1) is 7.54. The minimum Gasteiger partial charge on any atom is -0.504 e. The molecule has 2 rings (SSSR count). The Balaban J connectivity index is 2.29. The number of rotatable bonds is 3. The summed E-state index contributed by atoms with van der Waals surface area (Å²) in [5, 5.41) is 22.9. The van der Waals surface area contributed by atoms with Gasteiger partial charge in [0.25, 0.3) is 0 Å². The van der Waals surface area contributed by atoms with Crippen molar-refractivity contribution in [3.63, 3.8) is 0 Å². The molecule has 0 atom stereocenters. The summed E-state index contributed by atoms with van der Waals surface area (Å²) >= 11 is 3.35. The highest BCUT2D eigenvalue weighted by Gasteiger charge is 2.35. The van der Waals surface area contributed by atoms with E-state index in [0.717, 1.165) is 4.47 Å². The van der Waals surface area contributed by atoms with Gasteiger partial charge in [-0.3, -0.25) is 0 Å². The lowest BCUT2D eigenvalue weighted by Gasteiger charge is -2.37. The minimum atomic E-state index is -0.747. The number of halogens is 1. The third-order valence-corrected chi connectivity index (χ3v) is 3.22. The van der Waals surface area contributed by atoms with E-state index in [0.29, 0.717) is 30.8 Å². The van der Waals surface area contributed by atoms with Gasteiger partial charge in [-0.25, -0.2) is 0 Å². The molecular weight excluding hydrogens is 274 g/mol. The zero-order valence-corrected chi connectivity index (χ0v) is 10.5. The second kappa shape index (κ2) is 4.24. The number of hydrogen-bond donors (Lipinski definition) is 3. The number of ether oxygens (including phenoxy) is 1. The third kappa shape index (κ3) is 2.16. The molecule has 1 saturated heterocycles. The van der Waals surface area contributed by atoms with Crippen molar-refractivity contribution in [1.29, 1.82) is 0 Å². The van der Waals surface area contributed by atoms with Gasteiger partial charge in [-0.1, -0.05) is 15.9 Å². The Morgan fingerprint density at radius 1 is 1.50 bits per heavy atom. The van der Waals surface area contributed by atoms with E-state index in [1.165, 1.54) is 7.11 Å². The van der Waals surface area contributed by atoms with Crippen LogP contribution in [0.15, 0.2) is 16.6 Å². The van der Waals surface area contributed by atoms with Gasteiger partial charge in [0.1, 0.15) is 0 Å². The molecule has 0 aliphatic carbocycles. The molecule has 0 spiro atoms. The van der Waals surface area contributed by atoms with Crippen LogP contribution in [0, 0.1) is 0 Å². The van der Waals surface area contributed by atoms with Crippen LogP contribution in [0.3, 0.4) is 0 Å². The van der Waals surface area contributed by atoms with E-state index in [2.05, 4.69) is 21.2 Å². The van der Waals surface area contributed by atoms with E-state index in [4.69, 9.17) is 4.74 Å². The fourth-order valence-corrected chi connectivity index (χ4v) is 2.30. The fourth-order valence-electron chi connectivity index (χ4n) is 1.81. The number of phenols is 1. The van der Waals surface area contributed by atoms with Gasteiger partial charge in [-0.2, -0.15) is 0 Å². The Labute approximate surface area is 102 Å². The van der Waals surface area contributed by atoms with Crippen LogP contribution in [-0.2, 0) is 6.42 Å². The summed E-state index contributed by atoms with van der Waals surface area (Å²) in [6.07, 6.45) is 0.418. The van der Waals surface area contributed by atoms with Crippen molar-refractivity contribution in [3.8, 4) is 11.5 Å². The van der Waals surface area contributed by atoms with Gasteiger partial charge < -0.3 is 20.3 Å². The summed E-state index contributed by atoms with van der Waals surface area (Å²) in [6.45, 7) is 1.11. The van der Waals surface area contributed by atoms with E-state index < -0.39 is 5.60 Å². The van der Waals surface area contributed by atoms with Crippen molar-refractivity contribution in [2.75, 3.05) is 20.2 Å². The highest BCUT2D eigenvalue weighted by atomic mass is 79.9. The Morgan fingerprint density at radius 2 is 2.19 bits per heavy atom. The molecule has 1 fully saturated rings. The summed E-state index contributed by atoms with van der Waals surface area (Å²) in [7, 11) is 1.50. The zero-order chi connectivity index (χ0) is 11.8. The average Bonchev–Trinajstić information content (AvgIpc) is 2.20. The molecule has 88 valence electrons. The predicted molar refractivity (Wildman–Crippen MR) is 63.9 cm³/mol. The molecular formula is C11H14BrNO3. The number of phenolic OH excluding ortho intramolecular Hbond substituents is 1. The highest BCUT2D eigenvalue weighted by Crippen LogP contribution is 2.35. The monoisotopic (exact) mass is 287 g/mol. The molecule has 1 aromatic rings. The van der Waals surface area contributed by atoms with E-state index >= 15 is 0 Å². The van der Waals surface area contributed by atoms with E-state index in [1.54, 1.807) is 12.1 Å². The van der Waals surface area contributed by atoms with E-state index in [9.17, 15) is 10.2 Å². The van der Waals surface area contributed by atoms with Crippen molar-refractivity contribution in [1.82, 2.24) is 5.32 Å². The number of aromatic hydroxyl groups is 1. The Kier molecular flexibility index (Phi) is 3.10. The molecule has 0 bridgehead atoms. The van der Waals surface area contributed by atoms with Crippen LogP contribution in [0.2, 0.25) is 0 Å². The molecule has 0 aromatic heterocycles. The van der Waals surface area contributed by atoms with Crippen LogP contribution in [0.4, 0.5) is 0 Å². The fraction of sp³-hybridized carbons (Fsp3) is 0.455. The molecule has 0 unspecified atom stereocenters. The van der Waals surface area contributed by atoms with Gasteiger partial charge >= 0.3 is 0 Å². The van der Waals surface area contributed by atoms with Crippen LogP contribution in [0.1, 0.15) is 5.56 Å². The summed E-state index contributed by atoms with van der Waals surface area (Å²) in [5.74, 6) is 0.520. The van der Waals surface area contributed by atoms with Crippen molar-refractivity contribution >= 4 is 15.9 Å². The van der Waals surface area contributed by atoms with Gasteiger partial charge in [0.2, 0.25) is 0 Å². The maximum absolute atomic E-state index is 10.0. The minimum absolute atomic E-state index is 0.103. The van der Waals surface area contributed by atoms with Gasteiger partial charge in [0.15, 0.2) is 11.5 Å². The summed E-state index contributed by atoms with van der Waals surface area (Å²) < 4.78 is 5.88. The third-order valence-electron chi connectivity index (χ3n) is 2.77. The van der Waals surface area contributed by atoms with Crippen LogP contribution in [0.25, 0.3) is 0 Å². The Hall–Kier alpha value is -0.780. The molecule has 0 radical (unpaired) electrons. The molecule has 4 nitrogen and oxygen atoms in total. The molecule has 1 aromatic carbocycles. The lowest BCUT2D eigenvalue weighted by molar-refractivity contribution is -0.00949. The number of hydrogen-bond acceptors (Lipinski definition) is 4. The van der Waals surface area contributed by atoms with Crippen LogP contribution >= 0.6 is 15.9 Å². The zero-order valence-electron chi connectivity index (χ0n) is 8.96. The Morgan fingerprint density at radius 3 is 2.69 bits per heavy atom. The molecule has 0 saturated carbocycles. The SMILES string of the molecule is COc1cc(Br)cc(CC2(O)CNC2)c1O. The second-order valence-electron chi connectivity index (χ2n) is 4.12. The van der Waals surface area contributed by atoms with Crippen molar-refractivity contribution in [2.24, 2.45) is 0 Å². The van der Waals surface area contributed by atoms with Gasteiger partial charge in [0.05, 0.1) is 12.7 Å². The lowest BCUT2D eigenvalue weighted by atomic mass is 9.89. The molecule has 1 aliphatic heterocycles. The molecule has 5 heteroatoms. The molecule has 16 heavy (non-hydrogen) atoms. The average molecular weight is 288 g/mol. The van der Waals surface area contributed by atoms with Crippen LogP contribution in [-0.4, -0.2) is 36.0 Å². The maximum atomic E-state index is 10.0.